The first-order chi connectivity index (χ1) is 16.2. The van der Waals surface area contributed by atoms with Crippen LogP contribution >= 0.6 is 0 Å². The Bertz CT molecular complexity index is 1060. The van der Waals surface area contributed by atoms with Gasteiger partial charge in [-0.05, 0) is 55.7 Å². The summed E-state index contributed by atoms with van der Waals surface area (Å²) in [7, 11) is 0. The van der Waals surface area contributed by atoms with Crippen LogP contribution in [0.2, 0.25) is 0 Å². The molecule has 2 saturated carbocycles. The Morgan fingerprint density at radius 1 is 1.09 bits per heavy atom. The van der Waals surface area contributed by atoms with Crippen molar-refractivity contribution < 1.29 is 4.79 Å². The molecule has 0 aliphatic heterocycles. The van der Waals surface area contributed by atoms with E-state index in [1.165, 1.54) is 31.2 Å². The molecule has 33 heavy (non-hydrogen) atoms. The van der Waals surface area contributed by atoms with Crippen LogP contribution in [-0.4, -0.2) is 43.7 Å². The summed E-state index contributed by atoms with van der Waals surface area (Å²) in [5.41, 5.74) is 3.26. The number of nitrogens with zero attached hydrogens (tertiary/aromatic N) is 5. The molecule has 0 bridgehead atoms. The van der Waals surface area contributed by atoms with Gasteiger partial charge in [0.2, 0.25) is 11.9 Å². The molecule has 0 unspecified atom stereocenters. The van der Waals surface area contributed by atoms with E-state index in [0.29, 0.717) is 25.0 Å². The third kappa shape index (κ3) is 5.66. The first kappa shape index (κ1) is 21.4. The van der Waals surface area contributed by atoms with Crippen molar-refractivity contribution in [2.45, 2.75) is 51.0 Å². The maximum atomic E-state index is 12.0. The minimum atomic E-state index is 0.209. The number of anilines is 3. The van der Waals surface area contributed by atoms with Crippen molar-refractivity contribution in [1.82, 2.24) is 30.0 Å². The average Bonchev–Trinajstić information content (AvgIpc) is 3.50. The highest BCUT2D eigenvalue weighted by Crippen LogP contribution is 2.42. The van der Waals surface area contributed by atoms with E-state index in [1.807, 2.05) is 18.3 Å². The van der Waals surface area contributed by atoms with Gasteiger partial charge in [0.1, 0.15) is 18.5 Å². The molecule has 9 nitrogen and oxygen atoms in total. The average molecular weight is 447 g/mol. The van der Waals surface area contributed by atoms with Crippen LogP contribution in [0.5, 0.6) is 0 Å². The molecule has 0 spiro atoms. The van der Waals surface area contributed by atoms with Crippen LogP contribution in [0.15, 0.2) is 43.1 Å². The molecule has 2 fully saturated rings. The topological polar surface area (TPSA) is 110 Å². The Kier molecular flexibility index (Phi) is 6.46. The summed E-state index contributed by atoms with van der Waals surface area (Å²) >= 11 is 0. The molecule has 3 N–H and O–H groups in total. The molecule has 2 aromatic heterocycles. The number of amides is 1. The summed E-state index contributed by atoms with van der Waals surface area (Å²) in [6.07, 6.45) is 11.7. The van der Waals surface area contributed by atoms with Gasteiger partial charge >= 0.3 is 0 Å². The van der Waals surface area contributed by atoms with Crippen molar-refractivity contribution in [3.8, 4) is 0 Å². The lowest BCUT2D eigenvalue weighted by Gasteiger charge is -2.24. The third-order valence-corrected chi connectivity index (χ3v) is 6.28. The smallest absolute Gasteiger partial charge is 0.229 e. The summed E-state index contributed by atoms with van der Waals surface area (Å²) in [5.74, 6) is 2.47. The maximum Gasteiger partial charge on any atom is 0.229 e. The maximum absolute atomic E-state index is 12.0. The summed E-state index contributed by atoms with van der Waals surface area (Å²) in [6.45, 7) is 2.14. The van der Waals surface area contributed by atoms with Gasteiger partial charge in [-0.25, -0.2) is 14.6 Å². The fourth-order valence-electron chi connectivity index (χ4n) is 3.93. The van der Waals surface area contributed by atoms with Gasteiger partial charge in [-0.3, -0.25) is 4.79 Å². The molecule has 3 aromatic rings. The second-order valence-corrected chi connectivity index (χ2v) is 8.89. The number of carbonyl (C=O) groups excluding carboxylic acids is 1. The van der Waals surface area contributed by atoms with Crippen molar-refractivity contribution in [1.29, 1.82) is 0 Å². The Morgan fingerprint density at radius 2 is 1.94 bits per heavy atom. The zero-order valence-corrected chi connectivity index (χ0v) is 18.7. The molecule has 1 amide bonds. The zero-order valence-electron chi connectivity index (χ0n) is 18.7. The van der Waals surface area contributed by atoms with Crippen LogP contribution in [0.25, 0.3) is 0 Å². The number of hydrogen-bond acceptors (Lipinski definition) is 7. The van der Waals surface area contributed by atoms with Gasteiger partial charge in [0.15, 0.2) is 0 Å². The van der Waals surface area contributed by atoms with Crippen LogP contribution in [0.3, 0.4) is 0 Å². The molecule has 5 rings (SSSR count). The van der Waals surface area contributed by atoms with Gasteiger partial charge in [0.05, 0.1) is 6.54 Å². The SMILES string of the molecule is O=C(NCCCNc1nc(Nc2ccc(Cn3cncn3)cc2)ncc1C1CC1)C1CCC1. The van der Waals surface area contributed by atoms with Gasteiger partial charge in [0.25, 0.3) is 0 Å². The van der Waals surface area contributed by atoms with E-state index in [1.54, 1.807) is 11.0 Å². The highest BCUT2D eigenvalue weighted by Gasteiger charge is 2.28. The number of benzene rings is 1. The molecule has 2 heterocycles. The minimum Gasteiger partial charge on any atom is -0.370 e. The first-order valence-electron chi connectivity index (χ1n) is 11.8. The normalized spacial score (nSPS) is 15.6. The quantitative estimate of drug-likeness (QED) is 0.387. The second-order valence-electron chi connectivity index (χ2n) is 8.89. The first-order valence-corrected chi connectivity index (χ1v) is 11.8. The Labute approximate surface area is 193 Å². The van der Waals surface area contributed by atoms with E-state index in [9.17, 15) is 4.79 Å². The summed E-state index contributed by atoms with van der Waals surface area (Å²) < 4.78 is 1.79. The van der Waals surface area contributed by atoms with Gasteiger partial charge in [0, 0.05) is 36.5 Å². The van der Waals surface area contributed by atoms with Crippen molar-refractivity contribution in [2.24, 2.45) is 5.92 Å². The predicted molar refractivity (Wildman–Crippen MR) is 126 cm³/mol. The summed E-state index contributed by atoms with van der Waals surface area (Å²) in [6, 6.07) is 8.14. The van der Waals surface area contributed by atoms with Gasteiger partial charge in [-0.1, -0.05) is 18.6 Å². The molecule has 9 heteroatoms. The predicted octanol–water partition coefficient (Wildman–Crippen LogP) is 3.46. The molecular weight excluding hydrogens is 416 g/mol. The van der Waals surface area contributed by atoms with Gasteiger partial charge in [-0.2, -0.15) is 10.1 Å². The van der Waals surface area contributed by atoms with E-state index in [2.05, 4.69) is 43.1 Å². The van der Waals surface area contributed by atoms with Gasteiger partial charge in [-0.15, -0.1) is 0 Å². The Balaban J connectivity index is 1.15. The summed E-state index contributed by atoms with van der Waals surface area (Å²) in [4.78, 5) is 25.2. The second kappa shape index (κ2) is 9.97. The molecule has 0 saturated heterocycles. The minimum absolute atomic E-state index is 0.209. The lowest BCUT2D eigenvalue weighted by atomic mass is 9.85. The third-order valence-electron chi connectivity index (χ3n) is 6.28. The molecular formula is C24H30N8O. The summed E-state index contributed by atoms with van der Waals surface area (Å²) in [5, 5.41) is 14.0. The fourth-order valence-corrected chi connectivity index (χ4v) is 3.93. The number of rotatable bonds is 11. The number of carbonyl (C=O) groups is 1. The largest absolute Gasteiger partial charge is 0.370 e. The van der Waals surface area contributed by atoms with Crippen LogP contribution < -0.4 is 16.0 Å². The van der Waals surface area contributed by atoms with Crippen molar-refractivity contribution in [3.63, 3.8) is 0 Å². The molecule has 0 radical (unpaired) electrons. The standard InChI is InChI=1S/C24H30N8O/c33-23(19-3-1-4-19)27-12-2-11-26-22-21(18-7-8-18)13-28-24(31-22)30-20-9-5-17(6-10-20)14-32-16-25-15-29-32/h5-6,9-10,13,15-16,18-19H,1-4,7-8,11-12,14H2,(H,27,33)(H2,26,28,30,31). The van der Waals surface area contributed by atoms with E-state index >= 15 is 0 Å². The van der Waals surface area contributed by atoms with Crippen LogP contribution in [0, 0.1) is 5.92 Å². The Hall–Kier alpha value is -3.49. The number of nitrogens with one attached hydrogen (secondary N) is 3. The molecule has 0 atom stereocenters. The van der Waals surface area contributed by atoms with E-state index in [0.717, 1.165) is 42.9 Å². The fraction of sp³-hybridized carbons (Fsp3) is 0.458. The molecule has 2 aliphatic rings. The van der Waals surface area contributed by atoms with Crippen LogP contribution in [0.4, 0.5) is 17.5 Å². The lowest BCUT2D eigenvalue weighted by molar-refractivity contribution is -0.127. The van der Waals surface area contributed by atoms with E-state index in [-0.39, 0.29) is 11.8 Å². The molecule has 2 aliphatic carbocycles. The molecule has 1 aromatic carbocycles. The highest BCUT2D eigenvalue weighted by atomic mass is 16.1. The monoisotopic (exact) mass is 446 g/mol. The molecule has 172 valence electrons. The van der Waals surface area contributed by atoms with Crippen molar-refractivity contribution in [3.05, 3.63) is 54.2 Å². The Morgan fingerprint density at radius 3 is 2.64 bits per heavy atom. The van der Waals surface area contributed by atoms with Crippen LogP contribution in [0.1, 0.15) is 55.6 Å². The van der Waals surface area contributed by atoms with Crippen LogP contribution in [-0.2, 0) is 11.3 Å². The lowest BCUT2D eigenvalue weighted by Crippen LogP contribution is -2.35. The number of hydrogen-bond donors (Lipinski definition) is 3. The van der Waals surface area contributed by atoms with Crippen molar-refractivity contribution >= 4 is 23.4 Å². The highest BCUT2D eigenvalue weighted by molar-refractivity contribution is 5.79. The number of aromatic nitrogens is 5. The zero-order chi connectivity index (χ0) is 22.5. The van der Waals surface area contributed by atoms with Crippen molar-refractivity contribution in [2.75, 3.05) is 23.7 Å². The van der Waals surface area contributed by atoms with E-state index in [4.69, 9.17) is 4.98 Å². The van der Waals surface area contributed by atoms with Gasteiger partial charge < -0.3 is 16.0 Å². The van der Waals surface area contributed by atoms with E-state index < -0.39 is 0 Å².